The Balaban J connectivity index is 2.73. The fourth-order valence-electron chi connectivity index (χ4n) is 1.14. The first-order valence-corrected chi connectivity index (χ1v) is 4.87. The number of hydrogen-bond acceptors (Lipinski definition) is 2. The molecule has 1 atom stereocenters. The summed E-state index contributed by atoms with van der Waals surface area (Å²) >= 11 is 0. The van der Waals surface area contributed by atoms with Gasteiger partial charge < -0.3 is 11.1 Å². The molecule has 3 N–H and O–H groups in total. The Hall–Kier alpha value is -1.42. The second-order valence-electron chi connectivity index (χ2n) is 3.47. The summed E-state index contributed by atoms with van der Waals surface area (Å²) in [6.07, 6.45) is 0.575. The molecule has 0 bridgehead atoms. The Morgan fingerprint density at radius 2 is 2.27 bits per heavy atom. The van der Waals surface area contributed by atoms with Crippen molar-refractivity contribution >= 4 is 11.6 Å². The molecule has 0 unspecified atom stereocenters. The maximum Gasteiger partial charge on any atom is 0.241 e. The summed E-state index contributed by atoms with van der Waals surface area (Å²) in [5, 5.41) is 2.63. The van der Waals surface area contributed by atoms with Crippen molar-refractivity contribution in [1.82, 2.24) is 0 Å². The van der Waals surface area contributed by atoms with Crippen LogP contribution in [0.3, 0.4) is 0 Å². The molecule has 0 fully saturated rings. The Kier molecular flexibility index (Phi) is 3.80. The van der Waals surface area contributed by atoms with E-state index in [0.717, 1.165) is 0 Å². The highest BCUT2D eigenvalue weighted by Crippen LogP contribution is 2.13. The number of hydrogen-bond donors (Lipinski definition) is 2. The van der Waals surface area contributed by atoms with E-state index >= 15 is 0 Å². The van der Waals surface area contributed by atoms with Crippen LogP contribution >= 0.6 is 0 Å². The minimum atomic E-state index is -0.518. The molecule has 1 aromatic carbocycles. The zero-order valence-electron chi connectivity index (χ0n) is 8.88. The summed E-state index contributed by atoms with van der Waals surface area (Å²) in [6.45, 7) is 3.48. The summed E-state index contributed by atoms with van der Waals surface area (Å²) in [4.78, 5) is 11.4. The van der Waals surface area contributed by atoms with Gasteiger partial charge in [0.05, 0.1) is 6.04 Å². The molecule has 4 heteroatoms. The third kappa shape index (κ3) is 3.02. The second kappa shape index (κ2) is 4.89. The van der Waals surface area contributed by atoms with Crippen LogP contribution in [0.15, 0.2) is 18.2 Å². The summed E-state index contributed by atoms with van der Waals surface area (Å²) in [6, 6.07) is 3.90. The lowest BCUT2D eigenvalue weighted by Gasteiger charge is -2.10. The van der Waals surface area contributed by atoms with Gasteiger partial charge in [0.15, 0.2) is 0 Å². The van der Waals surface area contributed by atoms with Gasteiger partial charge in [-0.25, -0.2) is 4.39 Å². The van der Waals surface area contributed by atoms with E-state index in [9.17, 15) is 9.18 Å². The van der Waals surface area contributed by atoms with Crippen molar-refractivity contribution in [3.05, 3.63) is 29.6 Å². The molecule has 0 aliphatic rings. The molecule has 1 amide bonds. The molecule has 0 aromatic heterocycles. The van der Waals surface area contributed by atoms with Gasteiger partial charge in [-0.3, -0.25) is 4.79 Å². The van der Waals surface area contributed by atoms with E-state index in [1.54, 1.807) is 13.0 Å². The van der Waals surface area contributed by atoms with Crippen LogP contribution in [0.2, 0.25) is 0 Å². The number of aryl methyl sites for hydroxylation is 1. The van der Waals surface area contributed by atoms with Crippen LogP contribution in [-0.2, 0) is 4.79 Å². The monoisotopic (exact) mass is 210 g/mol. The van der Waals surface area contributed by atoms with Gasteiger partial charge in [-0.2, -0.15) is 0 Å². The minimum absolute atomic E-state index is 0.247. The van der Waals surface area contributed by atoms with Gasteiger partial charge in [0.1, 0.15) is 5.82 Å². The SMILES string of the molecule is CC[C@H](N)C(=O)Nc1ccc(F)c(C)c1. The van der Waals surface area contributed by atoms with Crippen molar-refractivity contribution in [3.63, 3.8) is 0 Å². The first-order chi connectivity index (χ1) is 7.04. The highest BCUT2D eigenvalue weighted by molar-refractivity contribution is 5.94. The van der Waals surface area contributed by atoms with Crippen LogP contribution in [0.4, 0.5) is 10.1 Å². The summed E-state index contributed by atoms with van der Waals surface area (Å²) in [7, 11) is 0. The lowest BCUT2D eigenvalue weighted by molar-refractivity contribution is -0.117. The molecule has 0 radical (unpaired) electrons. The highest BCUT2D eigenvalue weighted by atomic mass is 19.1. The smallest absolute Gasteiger partial charge is 0.241 e. The molecule has 82 valence electrons. The molecule has 3 nitrogen and oxygen atoms in total. The van der Waals surface area contributed by atoms with Crippen molar-refractivity contribution < 1.29 is 9.18 Å². The molecule has 0 saturated heterocycles. The van der Waals surface area contributed by atoms with Crippen molar-refractivity contribution in [2.24, 2.45) is 5.73 Å². The van der Waals surface area contributed by atoms with Gasteiger partial charge >= 0.3 is 0 Å². The molecule has 1 rings (SSSR count). The maximum atomic E-state index is 12.9. The van der Waals surface area contributed by atoms with Crippen molar-refractivity contribution in [3.8, 4) is 0 Å². The van der Waals surface area contributed by atoms with E-state index in [-0.39, 0.29) is 11.7 Å². The van der Waals surface area contributed by atoms with Gasteiger partial charge in [0.2, 0.25) is 5.91 Å². The third-order valence-corrected chi connectivity index (χ3v) is 2.20. The molecule has 0 aliphatic heterocycles. The Labute approximate surface area is 88.5 Å². The summed E-state index contributed by atoms with van der Waals surface area (Å²) in [5.74, 6) is -0.531. The zero-order valence-corrected chi connectivity index (χ0v) is 8.88. The molecule has 1 aromatic rings. The van der Waals surface area contributed by atoms with Gasteiger partial charge in [-0.1, -0.05) is 6.92 Å². The van der Waals surface area contributed by atoms with Crippen molar-refractivity contribution in [1.29, 1.82) is 0 Å². The minimum Gasteiger partial charge on any atom is -0.325 e. The normalized spacial score (nSPS) is 12.3. The molecule has 0 spiro atoms. The number of nitrogens with two attached hydrogens (primary N) is 1. The summed E-state index contributed by atoms with van der Waals surface area (Å²) in [5.41, 5.74) is 6.62. The Bertz CT molecular complexity index is 366. The van der Waals surface area contributed by atoms with E-state index in [1.165, 1.54) is 12.1 Å². The molecule has 15 heavy (non-hydrogen) atoms. The largest absolute Gasteiger partial charge is 0.325 e. The van der Waals surface area contributed by atoms with Crippen molar-refractivity contribution in [2.45, 2.75) is 26.3 Å². The molecular weight excluding hydrogens is 195 g/mol. The van der Waals surface area contributed by atoms with Gasteiger partial charge in [0, 0.05) is 5.69 Å². The number of benzene rings is 1. The number of carbonyl (C=O) groups is 1. The highest BCUT2D eigenvalue weighted by Gasteiger charge is 2.11. The van der Waals surface area contributed by atoms with Crippen LogP contribution < -0.4 is 11.1 Å². The Morgan fingerprint density at radius 1 is 1.60 bits per heavy atom. The second-order valence-corrected chi connectivity index (χ2v) is 3.47. The number of amides is 1. The van der Waals surface area contributed by atoms with E-state index in [2.05, 4.69) is 5.32 Å². The lowest BCUT2D eigenvalue weighted by Crippen LogP contribution is -2.34. The average Bonchev–Trinajstić information content (AvgIpc) is 2.22. The molecule has 0 saturated carbocycles. The van der Waals surface area contributed by atoms with Crippen LogP contribution in [0.25, 0.3) is 0 Å². The zero-order chi connectivity index (χ0) is 11.4. The van der Waals surface area contributed by atoms with E-state index in [1.807, 2.05) is 6.92 Å². The molecular formula is C11H15FN2O. The lowest BCUT2D eigenvalue weighted by atomic mass is 10.2. The van der Waals surface area contributed by atoms with Gasteiger partial charge in [0.25, 0.3) is 0 Å². The average molecular weight is 210 g/mol. The standard InChI is InChI=1S/C11H15FN2O/c1-3-10(13)11(15)14-8-4-5-9(12)7(2)6-8/h4-6,10H,3,13H2,1-2H3,(H,14,15)/t10-/m0/s1. The van der Waals surface area contributed by atoms with E-state index < -0.39 is 6.04 Å². The quantitative estimate of drug-likeness (QED) is 0.799. The van der Waals surface area contributed by atoms with E-state index in [0.29, 0.717) is 17.7 Å². The third-order valence-electron chi connectivity index (χ3n) is 2.20. The predicted molar refractivity (Wildman–Crippen MR) is 58.0 cm³/mol. The van der Waals surface area contributed by atoms with Gasteiger partial charge in [-0.05, 0) is 37.1 Å². The number of anilines is 1. The predicted octanol–water partition coefficient (Wildman–Crippen LogP) is 1.81. The van der Waals surface area contributed by atoms with Crippen LogP contribution in [0.1, 0.15) is 18.9 Å². The topological polar surface area (TPSA) is 55.1 Å². The first kappa shape index (κ1) is 11.7. The van der Waals surface area contributed by atoms with E-state index in [4.69, 9.17) is 5.73 Å². The fraction of sp³-hybridized carbons (Fsp3) is 0.364. The first-order valence-electron chi connectivity index (χ1n) is 4.87. The molecule has 0 heterocycles. The van der Waals surface area contributed by atoms with Crippen LogP contribution in [0, 0.1) is 12.7 Å². The fourth-order valence-corrected chi connectivity index (χ4v) is 1.14. The summed E-state index contributed by atoms with van der Waals surface area (Å²) < 4.78 is 12.9. The van der Waals surface area contributed by atoms with Gasteiger partial charge in [-0.15, -0.1) is 0 Å². The number of carbonyl (C=O) groups excluding carboxylic acids is 1. The number of rotatable bonds is 3. The number of halogens is 1. The number of nitrogens with one attached hydrogen (secondary N) is 1. The Morgan fingerprint density at radius 3 is 2.80 bits per heavy atom. The maximum absolute atomic E-state index is 12.9. The molecule has 0 aliphatic carbocycles. The van der Waals surface area contributed by atoms with Crippen molar-refractivity contribution in [2.75, 3.05) is 5.32 Å². The van der Waals surface area contributed by atoms with Crippen LogP contribution in [-0.4, -0.2) is 11.9 Å². The van der Waals surface area contributed by atoms with Crippen LogP contribution in [0.5, 0.6) is 0 Å².